The summed E-state index contributed by atoms with van der Waals surface area (Å²) in [7, 11) is 0. The molecule has 0 bridgehead atoms. The maximum absolute atomic E-state index is 11.4. The lowest BCUT2D eigenvalue weighted by atomic mass is 10.2. The van der Waals surface area contributed by atoms with Gasteiger partial charge in [-0.2, -0.15) is 0 Å². The van der Waals surface area contributed by atoms with Crippen molar-refractivity contribution in [2.24, 2.45) is 17.8 Å². The molecular weight excluding hydrogens is 192 g/mol. The largest absolute Gasteiger partial charge is 0.354 e. The van der Waals surface area contributed by atoms with Gasteiger partial charge in [-0.15, -0.1) is 0 Å². The van der Waals surface area contributed by atoms with E-state index in [4.69, 9.17) is 0 Å². The SMILES string of the molecule is CC(C)CNC(=O)CNC(=O)[C@H]1C[C@H]1C. The molecule has 4 nitrogen and oxygen atoms in total. The van der Waals surface area contributed by atoms with Crippen molar-refractivity contribution in [1.29, 1.82) is 0 Å². The van der Waals surface area contributed by atoms with Crippen molar-refractivity contribution in [3.63, 3.8) is 0 Å². The monoisotopic (exact) mass is 212 g/mol. The van der Waals surface area contributed by atoms with Gasteiger partial charge in [-0.3, -0.25) is 9.59 Å². The predicted octanol–water partition coefficient (Wildman–Crippen LogP) is 0.531. The number of amides is 2. The summed E-state index contributed by atoms with van der Waals surface area (Å²) in [6, 6.07) is 0. The van der Waals surface area contributed by atoms with Crippen LogP contribution in [0.25, 0.3) is 0 Å². The smallest absolute Gasteiger partial charge is 0.239 e. The maximum atomic E-state index is 11.4. The minimum atomic E-state index is -0.106. The van der Waals surface area contributed by atoms with Crippen molar-refractivity contribution in [2.75, 3.05) is 13.1 Å². The molecule has 0 heterocycles. The van der Waals surface area contributed by atoms with E-state index in [9.17, 15) is 9.59 Å². The van der Waals surface area contributed by atoms with Crippen LogP contribution in [0.15, 0.2) is 0 Å². The number of hydrogen-bond donors (Lipinski definition) is 2. The third-order valence-electron chi connectivity index (χ3n) is 2.58. The molecule has 2 amide bonds. The topological polar surface area (TPSA) is 58.2 Å². The molecule has 0 aliphatic heterocycles. The zero-order valence-electron chi connectivity index (χ0n) is 9.67. The van der Waals surface area contributed by atoms with E-state index >= 15 is 0 Å². The minimum Gasteiger partial charge on any atom is -0.354 e. The first-order valence-electron chi connectivity index (χ1n) is 5.55. The minimum absolute atomic E-state index is 0.0159. The Morgan fingerprint density at radius 1 is 1.33 bits per heavy atom. The van der Waals surface area contributed by atoms with Gasteiger partial charge >= 0.3 is 0 Å². The second-order valence-electron chi connectivity index (χ2n) is 4.74. The highest BCUT2D eigenvalue weighted by Crippen LogP contribution is 2.37. The third kappa shape index (κ3) is 4.32. The standard InChI is InChI=1S/C11H20N2O2/c1-7(2)5-12-10(14)6-13-11(15)9-4-8(9)3/h7-9H,4-6H2,1-3H3,(H,12,14)(H,13,15)/t8-,9+/m1/s1. The predicted molar refractivity (Wildman–Crippen MR) is 58.1 cm³/mol. The van der Waals surface area contributed by atoms with Crippen LogP contribution in [0.4, 0.5) is 0 Å². The van der Waals surface area contributed by atoms with E-state index < -0.39 is 0 Å². The Morgan fingerprint density at radius 2 is 1.93 bits per heavy atom. The summed E-state index contributed by atoms with van der Waals surface area (Å²) in [6.07, 6.45) is 0.958. The summed E-state index contributed by atoms with van der Waals surface area (Å²) >= 11 is 0. The van der Waals surface area contributed by atoms with Gasteiger partial charge in [-0.1, -0.05) is 20.8 Å². The Morgan fingerprint density at radius 3 is 2.40 bits per heavy atom. The van der Waals surface area contributed by atoms with Crippen LogP contribution in [0.1, 0.15) is 27.2 Å². The zero-order valence-corrected chi connectivity index (χ0v) is 9.67. The van der Waals surface area contributed by atoms with Crippen LogP contribution < -0.4 is 10.6 Å². The lowest BCUT2D eigenvalue weighted by Gasteiger charge is -2.08. The van der Waals surface area contributed by atoms with Gasteiger partial charge in [0.25, 0.3) is 0 Å². The van der Waals surface area contributed by atoms with Crippen molar-refractivity contribution in [2.45, 2.75) is 27.2 Å². The zero-order chi connectivity index (χ0) is 11.4. The molecule has 0 radical (unpaired) electrons. The molecule has 0 unspecified atom stereocenters. The van der Waals surface area contributed by atoms with Crippen molar-refractivity contribution < 1.29 is 9.59 Å². The van der Waals surface area contributed by atoms with E-state index in [0.717, 1.165) is 6.42 Å². The fraction of sp³-hybridized carbons (Fsp3) is 0.818. The summed E-state index contributed by atoms with van der Waals surface area (Å²) in [4.78, 5) is 22.6. The summed E-state index contributed by atoms with van der Waals surface area (Å²) in [5.74, 6) is 0.979. The van der Waals surface area contributed by atoms with E-state index in [-0.39, 0.29) is 24.3 Å². The van der Waals surface area contributed by atoms with Crippen LogP contribution in [-0.2, 0) is 9.59 Å². The molecular formula is C11H20N2O2. The number of carbonyl (C=O) groups excluding carboxylic acids is 2. The van der Waals surface area contributed by atoms with Gasteiger partial charge in [0.2, 0.25) is 11.8 Å². The van der Waals surface area contributed by atoms with Gasteiger partial charge < -0.3 is 10.6 Å². The number of rotatable bonds is 5. The van der Waals surface area contributed by atoms with E-state index in [2.05, 4.69) is 10.6 Å². The first kappa shape index (κ1) is 12.0. The van der Waals surface area contributed by atoms with Crippen molar-refractivity contribution in [1.82, 2.24) is 10.6 Å². The van der Waals surface area contributed by atoms with Crippen LogP contribution in [0.3, 0.4) is 0 Å². The van der Waals surface area contributed by atoms with Crippen molar-refractivity contribution >= 4 is 11.8 Å². The van der Waals surface area contributed by atoms with Gasteiger partial charge in [-0.25, -0.2) is 0 Å². The average Bonchev–Trinajstić information content (AvgIpc) is 2.88. The highest BCUT2D eigenvalue weighted by Gasteiger charge is 2.38. The molecule has 1 saturated carbocycles. The second kappa shape index (κ2) is 5.14. The molecule has 0 aromatic carbocycles. The lowest BCUT2D eigenvalue weighted by molar-refractivity contribution is -0.127. The number of nitrogens with one attached hydrogen (secondary N) is 2. The Kier molecular flexibility index (Phi) is 4.12. The first-order chi connectivity index (χ1) is 7.00. The van der Waals surface area contributed by atoms with Gasteiger partial charge in [-0.05, 0) is 18.3 Å². The third-order valence-corrected chi connectivity index (χ3v) is 2.58. The molecule has 15 heavy (non-hydrogen) atoms. The van der Waals surface area contributed by atoms with E-state index in [1.165, 1.54) is 0 Å². The Labute approximate surface area is 90.8 Å². The number of carbonyl (C=O) groups is 2. The highest BCUT2D eigenvalue weighted by molar-refractivity contribution is 5.87. The molecule has 1 aliphatic rings. The average molecular weight is 212 g/mol. The Hall–Kier alpha value is -1.06. The van der Waals surface area contributed by atoms with E-state index in [1.54, 1.807) is 0 Å². The molecule has 0 spiro atoms. The van der Waals surface area contributed by atoms with Gasteiger partial charge in [0.15, 0.2) is 0 Å². The molecule has 1 aliphatic carbocycles. The lowest BCUT2D eigenvalue weighted by Crippen LogP contribution is -2.38. The molecule has 0 aromatic rings. The van der Waals surface area contributed by atoms with Gasteiger partial charge in [0.1, 0.15) is 0 Å². The fourth-order valence-corrected chi connectivity index (χ4v) is 1.37. The van der Waals surface area contributed by atoms with Crippen LogP contribution >= 0.6 is 0 Å². The molecule has 2 N–H and O–H groups in total. The van der Waals surface area contributed by atoms with Gasteiger partial charge in [0.05, 0.1) is 6.54 Å². The summed E-state index contributed by atoms with van der Waals surface area (Å²) in [6.45, 7) is 6.88. The van der Waals surface area contributed by atoms with E-state index in [0.29, 0.717) is 18.4 Å². The quantitative estimate of drug-likeness (QED) is 0.698. The molecule has 4 heteroatoms. The molecule has 1 fully saturated rings. The molecule has 86 valence electrons. The summed E-state index contributed by atoms with van der Waals surface area (Å²) < 4.78 is 0. The van der Waals surface area contributed by atoms with E-state index in [1.807, 2.05) is 20.8 Å². The normalized spacial score (nSPS) is 23.7. The molecule has 1 rings (SSSR count). The maximum Gasteiger partial charge on any atom is 0.239 e. The van der Waals surface area contributed by atoms with Crippen molar-refractivity contribution in [3.8, 4) is 0 Å². The Bertz CT molecular complexity index is 251. The van der Waals surface area contributed by atoms with Crippen LogP contribution in [0, 0.1) is 17.8 Å². The summed E-state index contributed by atoms with van der Waals surface area (Å²) in [5, 5.41) is 5.40. The van der Waals surface area contributed by atoms with Crippen LogP contribution in [-0.4, -0.2) is 24.9 Å². The second-order valence-corrected chi connectivity index (χ2v) is 4.74. The molecule has 0 saturated heterocycles. The summed E-state index contributed by atoms with van der Waals surface area (Å²) in [5.41, 5.74) is 0. The van der Waals surface area contributed by atoms with Crippen LogP contribution in [0.2, 0.25) is 0 Å². The highest BCUT2D eigenvalue weighted by atomic mass is 16.2. The Balaban J connectivity index is 2.08. The molecule has 0 aromatic heterocycles. The van der Waals surface area contributed by atoms with Gasteiger partial charge in [0, 0.05) is 12.5 Å². The number of hydrogen-bond acceptors (Lipinski definition) is 2. The fourth-order valence-electron chi connectivity index (χ4n) is 1.37. The molecule has 2 atom stereocenters. The van der Waals surface area contributed by atoms with Crippen molar-refractivity contribution in [3.05, 3.63) is 0 Å². The first-order valence-corrected chi connectivity index (χ1v) is 5.55. The van der Waals surface area contributed by atoms with Crippen LogP contribution in [0.5, 0.6) is 0 Å².